The molecule has 0 unspecified atom stereocenters. The van der Waals surface area contributed by atoms with Gasteiger partial charge in [-0.2, -0.15) is 4.31 Å². The Hall–Kier alpha value is -0.980. The minimum absolute atomic E-state index is 0.00307. The molecule has 0 bridgehead atoms. The predicted octanol–water partition coefficient (Wildman–Crippen LogP) is 1.05. The summed E-state index contributed by atoms with van der Waals surface area (Å²) in [6, 6.07) is 3.56. The van der Waals surface area contributed by atoms with Crippen molar-refractivity contribution in [1.29, 1.82) is 0 Å². The number of sulfonamides is 1. The average Bonchev–Trinajstić information content (AvgIpc) is 2.37. The largest absolute Gasteiger partial charge is 0.396 e. The van der Waals surface area contributed by atoms with Gasteiger partial charge < -0.3 is 5.11 Å². The molecule has 1 heterocycles. The van der Waals surface area contributed by atoms with Gasteiger partial charge in [-0.3, -0.25) is 4.98 Å². The summed E-state index contributed by atoms with van der Waals surface area (Å²) in [5, 5.41) is 8.84. The fourth-order valence-electron chi connectivity index (χ4n) is 1.86. The molecule has 0 aliphatic rings. The van der Waals surface area contributed by atoms with Crippen molar-refractivity contribution in [2.75, 3.05) is 18.9 Å². The van der Waals surface area contributed by atoms with E-state index >= 15 is 0 Å². The van der Waals surface area contributed by atoms with Gasteiger partial charge in [0.2, 0.25) is 10.0 Å². The second kappa shape index (κ2) is 7.57. The van der Waals surface area contributed by atoms with E-state index in [4.69, 9.17) is 5.11 Å². The Kier molecular flexibility index (Phi) is 6.41. The highest BCUT2D eigenvalue weighted by molar-refractivity contribution is 7.89. The molecule has 0 aliphatic heterocycles. The Morgan fingerprint density at radius 2 is 1.95 bits per heavy atom. The van der Waals surface area contributed by atoms with Crippen molar-refractivity contribution >= 4 is 10.0 Å². The summed E-state index contributed by atoms with van der Waals surface area (Å²) >= 11 is 0. The zero-order valence-electron chi connectivity index (χ0n) is 11.5. The second-order valence-electron chi connectivity index (χ2n) is 4.70. The molecule has 0 spiro atoms. The third-order valence-electron chi connectivity index (χ3n) is 2.87. The fourth-order valence-corrected chi connectivity index (χ4v) is 3.64. The maximum absolute atomic E-state index is 12.3. The number of hydrogen-bond donors (Lipinski definition) is 1. The van der Waals surface area contributed by atoms with Crippen LogP contribution in [0.2, 0.25) is 0 Å². The summed E-state index contributed by atoms with van der Waals surface area (Å²) in [5.74, 6) is 0.0840. The molecule has 0 atom stereocenters. The van der Waals surface area contributed by atoms with Crippen LogP contribution in [0.1, 0.15) is 25.8 Å². The van der Waals surface area contributed by atoms with Gasteiger partial charge in [0, 0.05) is 31.6 Å². The van der Waals surface area contributed by atoms with Crippen molar-refractivity contribution in [3.8, 4) is 0 Å². The number of aryl methyl sites for hydroxylation is 1. The monoisotopic (exact) mass is 286 g/mol. The summed E-state index contributed by atoms with van der Waals surface area (Å²) in [6.07, 6.45) is 4.27. The lowest BCUT2D eigenvalue weighted by Gasteiger charge is -2.25. The lowest BCUT2D eigenvalue weighted by molar-refractivity contribution is 0.258. The van der Waals surface area contributed by atoms with Gasteiger partial charge in [0.1, 0.15) is 0 Å². The number of rotatable bonds is 8. The Morgan fingerprint density at radius 1 is 1.32 bits per heavy atom. The number of aliphatic hydroxyl groups excluding tert-OH is 1. The zero-order chi connectivity index (χ0) is 14.3. The molecule has 0 fully saturated rings. The minimum Gasteiger partial charge on any atom is -0.396 e. The van der Waals surface area contributed by atoms with E-state index in [0.29, 0.717) is 19.4 Å². The lowest BCUT2D eigenvalue weighted by Crippen LogP contribution is -2.39. The van der Waals surface area contributed by atoms with Crippen LogP contribution in [-0.2, 0) is 16.4 Å². The van der Waals surface area contributed by atoms with Gasteiger partial charge in [0.25, 0.3) is 0 Å². The predicted molar refractivity (Wildman–Crippen MR) is 75.3 cm³/mol. The van der Waals surface area contributed by atoms with E-state index in [2.05, 4.69) is 4.98 Å². The van der Waals surface area contributed by atoms with Crippen LogP contribution in [0.15, 0.2) is 24.5 Å². The van der Waals surface area contributed by atoms with Gasteiger partial charge in [0.05, 0.1) is 5.75 Å². The normalized spacial score (nSPS) is 12.3. The van der Waals surface area contributed by atoms with Crippen molar-refractivity contribution in [1.82, 2.24) is 9.29 Å². The molecule has 0 saturated heterocycles. The van der Waals surface area contributed by atoms with Crippen molar-refractivity contribution in [2.45, 2.75) is 32.7 Å². The first kappa shape index (κ1) is 16.1. The molecule has 6 heteroatoms. The van der Waals surface area contributed by atoms with Gasteiger partial charge in [0.15, 0.2) is 0 Å². The van der Waals surface area contributed by atoms with Crippen LogP contribution in [0, 0.1) is 0 Å². The lowest BCUT2D eigenvalue weighted by atomic mass is 10.2. The first-order valence-corrected chi connectivity index (χ1v) is 8.07. The van der Waals surface area contributed by atoms with Crippen molar-refractivity contribution in [3.05, 3.63) is 30.1 Å². The molecule has 1 rings (SSSR count). The molecule has 1 N–H and O–H groups in total. The van der Waals surface area contributed by atoms with Crippen LogP contribution in [0.3, 0.4) is 0 Å². The van der Waals surface area contributed by atoms with E-state index in [-0.39, 0.29) is 18.4 Å². The first-order chi connectivity index (χ1) is 8.97. The highest BCUT2D eigenvalue weighted by atomic mass is 32.2. The third kappa shape index (κ3) is 5.26. The molecular weight excluding hydrogens is 264 g/mol. The SMILES string of the molecule is CC(C)N(CCCO)S(=O)(=O)CCc1ccncc1. The molecule has 1 aromatic rings. The number of aliphatic hydroxyl groups is 1. The van der Waals surface area contributed by atoms with Crippen LogP contribution in [0.4, 0.5) is 0 Å². The highest BCUT2D eigenvalue weighted by Crippen LogP contribution is 2.11. The maximum Gasteiger partial charge on any atom is 0.214 e. The molecule has 0 aromatic carbocycles. The molecule has 0 amide bonds. The summed E-state index contributed by atoms with van der Waals surface area (Å²) in [7, 11) is -3.29. The Labute approximate surface area is 115 Å². The zero-order valence-corrected chi connectivity index (χ0v) is 12.3. The van der Waals surface area contributed by atoms with Crippen LogP contribution >= 0.6 is 0 Å². The van der Waals surface area contributed by atoms with Crippen molar-refractivity contribution in [2.24, 2.45) is 0 Å². The van der Waals surface area contributed by atoms with Crippen LogP contribution in [-0.4, -0.2) is 47.8 Å². The average molecular weight is 286 g/mol. The van der Waals surface area contributed by atoms with E-state index in [0.717, 1.165) is 5.56 Å². The first-order valence-electron chi connectivity index (χ1n) is 6.46. The van der Waals surface area contributed by atoms with Crippen LogP contribution < -0.4 is 0 Å². The smallest absolute Gasteiger partial charge is 0.214 e. The molecule has 5 nitrogen and oxygen atoms in total. The van der Waals surface area contributed by atoms with E-state index in [1.807, 2.05) is 26.0 Å². The van der Waals surface area contributed by atoms with E-state index in [1.165, 1.54) is 4.31 Å². The maximum atomic E-state index is 12.3. The van der Waals surface area contributed by atoms with Gasteiger partial charge in [-0.1, -0.05) is 0 Å². The number of nitrogens with zero attached hydrogens (tertiary/aromatic N) is 2. The third-order valence-corrected chi connectivity index (χ3v) is 4.91. The number of hydrogen-bond acceptors (Lipinski definition) is 4. The fraction of sp³-hybridized carbons (Fsp3) is 0.615. The molecule has 0 aliphatic carbocycles. The van der Waals surface area contributed by atoms with Crippen molar-refractivity contribution in [3.63, 3.8) is 0 Å². The molecule has 108 valence electrons. The van der Waals surface area contributed by atoms with Gasteiger partial charge in [-0.25, -0.2) is 8.42 Å². The van der Waals surface area contributed by atoms with E-state index in [1.54, 1.807) is 12.4 Å². The molecular formula is C13H22N2O3S. The Morgan fingerprint density at radius 3 is 2.47 bits per heavy atom. The standard InChI is InChI=1S/C13H22N2O3S/c1-12(2)15(9-3-10-16)19(17,18)11-6-13-4-7-14-8-5-13/h4-5,7-8,12,16H,3,6,9-11H2,1-2H3. The number of aromatic nitrogens is 1. The Balaban J connectivity index is 2.67. The summed E-state index contributed by atoms with van der Waals surface area (Å²) < 4.78 is 26.0. The van der Waals surface area contributed by atoms with Gasteiger partial charge in [-0.15, -0.1) is 0 Å². The quantitative estimate of drug-likeness (QED) is 0.775. The van der Waals surface area contributed by atoms with E-state index < -0.39 is 10.0 Å². The van der Waals surface area contributed by atoms with Gasteiger partial charge in [-0.05, 0) is 44.4 Å². The highest BCUT2D eigenvalue weighted by Gasteiger charge is 2.23. The topological polar surface area (TPSA) is 70.5 Å². The molecule has 0 radical (unpaired) electrons. The van der Waals surface area contributed by atoms with Crippen LogP contribution in [0.5, 0.6) is 0 Å². The van der Waals surface area contributed by atoms with Gasteiger partial charge >= 0.3 is 0 Å². The van der Waals surface area contributed by atoms with Crippen LogP contribution in [0.25, 0.3) is 0 Å². The molecule has 0 saturated carbocycles. The molecule has 19 heavy (non-hydrogen) atoms. The molecule has 1 aromatic heterocycles. The minimum atomic E-state index is -3.29. The Bertz CT molecular complexity index is 460. The number of pyridine rings is 1. The second-order valence-corrected chi connectivity index (χ2v) is 6.74. The summed E-state index contributed by atoms with van der Waals surface area (Å²) in [5.41, 5.74) is 0.962. The van der Waals surface area contributed by atoms with Crippen molar-refractivity contribution < 1.29 is 13.5 Å². The summed E-state index contributed by atoms with van der Waals surface area (Å²) in [6.45, 7) is 4.07. The summed E-state index contributed by atoms with van der Waals surface area (Å²) in [4.78, 5) is 3.91. The van der Waals surface area contributed by atoms with E-state index in [9.17, 15) is 8.42 Å².